The van der Waals surface area contributed by atoms with Gasteiger partial charge in [-0.3, -0.25) is 0 Å². The van der Waals surface area contributed by atoms with Gasteiger partial charge in [-0.1, -0.05) is 206 Å². The van der Waals surface area contributed by atoms with E-state index in [-0.39, 0.29) is 0 Å². The molecule has 0 aliphatic carbocycles. The molecule has 0 saturated heterocycles. The first-order valence-electron chi connectivity index (χ1n) is 23.5. The minimum atomic E-state index is -1.43. The van der Waals surface area contributed by atoms with Crippen LogP contribution in [-0.2, 0) is 0 Å². The summed E-state index contributed by atoms with van der Waals surface area (Å²) in [6.45, 7) is 9.64. The van der Waals surface area contributed by atoms with Gasteiger partial charge in [-0.25, -0.2) is 0 Å². The first-order chi connectivity index (χ1) is 23.8. The van der Waals surface area contributed by atoms with Crippen molar-refractivity contribution in [2.24, 2.45) is 0 Å². The van der Waals surface area contributed by atoms with Crippen LogP contribution in [0.5, 0.6) is 0 Å². The molecule has 2 heteroatoms. The first-order valence-corrected chi connectivity index (χ1v) is 29.3. The molecule has 0 bridgehead atoms. The van der Waals surface area contributed by atoms with E-state index in [9.17, 15) is 0 Å². The standard InChI is InChI=1S/C47H98BrP/c1-5-6-7-8-9-10-11-12-13-14-15-16-17-18-19-20-21-22-23-24-25-26-27-28-29-30-31-32-33-34-35-36-37-38-39-40-41-42-43-44-45-46-47-49(2,3,4)48/h5-47H2,1-4H3. The second-order valence-electron chi connectivity index (χ2n) is 18.1. The molecule has 0 aliphatic heterocycles. The van der Waals surface area contributed by atoms with E-state index in [1.54, 1.807) is 0 Å². The Morgan fingerprint density at radius 3 is 0.469 bits per heavy atom. The fourth-order valence-corrected chi connectivity index (χ4v) is 9.83. The molecule has 0 aromatic heterocycles. The van der Waals surface area contributed by atoms with Gasteiger partial charge in [0.1, 0.15) is 0 Å². The van der Waals surface area contributed by atoms with Crippen molar-refractivity contribution < 1.29 is 0 Å². The molecule has 0 rings (SSSR count). The molecule has 0 aromatic carbocycles. The van der Waals surface area contributed by atoms with Crippen LogP contribution in [0.25, 0.3) is 0 Å². The third-order valence-electron chi connectivity index (χ3n) is 11.3. The molecule has 0 fully saturated rings. The van der Waals surface area contributed by atoms with Crippen molar-refractivity contribution in [2.45, 2.75) is 277 Å². The summed E-state index contributed by atoms with van der Waals surface area (Å²) in [7, 11) is 0. The predicted octanol–water partition coefficient (Wildman–Crippen LogP) is 19.1. The molecule has 49 heavy (non-hydrogen) atoms. The molecule has 298 valence electrons. The molecular formula is C47H98BrP. The number of hydrogen-bond acceptors (Lipinski definition) is 0. The molecular weight excluding hydrogens is 675 g/mol. The van der Waals surface area contributed by atoms with E-state index in [0.717, 1.165) is 0 Å². The van der Waals surface area contributed by atoms with Gasteiger partial charge in [-0.05, 0) is 0 Å². The monoisotopic (exact) mass is 773 g/mol. The molecule has 0 aliphatic rings. The summed E-state index contributed by atoms with van der Waals surface area (Å²) in [5.74, 6) is 0. The third-order valence-corrected chi connectivity index (χ3v) is 14.2. The van der Waals surface area contributed by atoms with Crippen molar-refractivity contribution in [1.29, 1.82) is 0 Å². The Hall–Kier alpha value is 0.910. The molecule has 0 unspecified atom stereocenters. The van der Waals surface area contributed by atoms with Crippen LogP contribution in [0, 0.1) is 0 Å². The number of halogens is 1. The van der Waals surface area contributed by atoms with Gasteiger partial charge in [0.15, 0.2) is 0 Å². The summed E-state index contributed by atoms with van der Waals surface area (Å²) in [5, 5.41) is -1.43. The van der Waals surface area contributed by atoms with E-state index in [2.05, 4.69) is 42.4 Å². The average Bonchev–Trinajstić information content (AvgIpc) is 3.06. The molecule has 0 heterocycles. The number of rotatable bonds is 43. The summed E-state index contributed by atoms with van der Waals surface area (Å²) < 4.78 is 0. The normalized spacial score (nSPS) is 12.9. The van der Waals surface area contributed by atoms with Crippen LogP contribution in [-0.4, -0.2) is 26.2 Å². The summed E-state index contributed by atoms with van der Waals surface area (Å²) in [4.78, 5) is 0. The second-order valence-corrected chi connectivity index (χ2v) is 32.3. The van der Waals surface area contributed by atoms with Crippen LogP contribution in [0.4, 0.5) is 0 Å². The van der Waals surface area contributed by atoms with Crippen LogP contribution < -0.4 is 0 Å². The SMILES string of the molecule is CCCCCCCCCCCCCCCCCCCCCCCCCCCCCCCCCCCCCCCCCCCCP(C)(C)(C)Br. The maximum absolute atomic E-state index is 3.99. The van der Waals surface area contributed by atoms with E-state index in [0.29, 0.717) is 0 Å². The van der Waals surface area contributed by atoms with Crippen LogP contribution in [0.1, 0.15) is 277 Å². The minimum absolute atomic E-state index is 1.37. The van der Waals surface area contributed by atoms with Gasteiger partial charge in [-0.15, -0.1) is 0 Å². The topological polar surface area (TPSA) is 0 Å². The van der Waals surface area contributed by atoms with Crippen LogP contribution in [0.3, 0.4) is 0 Å². The Bertz CT molecular complexity index is 598. The maximum atomic E-state index is 3.99. The zero-order valence-electron chi connectivity index (χ0n) is 35.2. The average molecular weight is 774 g/mol. The van der Waals surface area contributed by atoms with Gasteiger partial charge in [0.25, 0.3) is 0 Å². The van der Waals surface area contributed by atoms with Gasteiger partial charge in [0.2, 0.25) is 0 Å². The third kappa shape index (κ3) is 48.9. The van der Waals surface area contributed by atoms with E-state index in [1.165, 1.54) is 276 Å². The van der Waals surface area contributed by atoms with Crippen molar-refractivity contribution in [3.63, 3.8) is 0 Å². The molecule has 0 aromatic rings. The Morgan fingerprint density at radius 2 is 0.347 bits per heavy atom. The zero-order chi connectivity index (χ0) is 35.9. The predicted molar refractivity (Wildman–Crippen MR) is 238 cm³/mol. The van der Waals surface area contributed by atoms with E-state index in [1.807, 2.05) is 0 Å². The molecule has 0 saturated carbocycles. The van der Waals surface area contributed by atoms with E-state index >= 15 is 0 Å². The first kappa shape index (κ1) is 49.9. The molecule has 0 atom stereocenters. The van der Waals surface area contributed by atoms with Gasteiger partial charge < -0.3 is 0 Å². The summed E-state index contributed by atoms with van der Waals surface area (Å²) >= 11 is 3.99. The Labute approximate surface area is 322 Å². The van der Waals surface area contributed by atoms with E-state index in [4.69, 9.17) is 0 Å². The molecule has 0 spiro atoms. The Morgan fingerprint density at radius 1 is 0.224 bits per heavy atom. The van der Waals surface area contributed by atoms with Gasteiger partial charge in [0.05, 0.1) is 0 Å². The van der Waals surface area contributed by atoms with E-state index < -0.39 is 5.31 Å². The van der Waals surface area contributed by atoms with Gasteiger partial charge >= 0.3 is 118 Å². The van der Waals surface area contributed by atoms with Gasteiger partial charge in [-0.2, -0.15) is 0 Å². The molecule has 0 N–H and O–H groups in total. The fourth-order valence-electron chi connectivity index (χ4n) is 7.79. The van der Waals surface area contributed by atoms with Crippen molar-refractivity contribution in [3.8, 4) is 0 Å². The quantitative estimate of drug-likeness (QED) is 0.0428. The van der Waals surface area contributed by atoms with Gasteiger partial charge in [0, 0.05) is 0 Å². The van der Waals surface area contributed by atoms with Crippen molar-refractivity contribution >= 4 is 20.8 Å². The molecule has 0 nitrogen and oxygen atoms in total. The fraction of sp³-hybridized carbons (Fsp3) is 1.00. The van der Waals surface area contributed by atoms with Crippen molar-refractivity contribution in [2.75, 3.05) is 26.2 Å². The Kier molecular flexibility index (Phi) is 39.3. The molecule has 0 radical (unpaired) electrons. The summed E-state index contributed by atoms with van der Waals surface area (Å²) in [6.07, 6.45) is 63.7. The zero-order valence-corrected chi connectivity index (χ0v) is 37.7. The van der Waals surface area contributed by atoms with Crippen LogP contribution >= 0.6 is 20.8 Å². The second kappa shape index (κ2) is 38.6. The number of unbranched alkanes of at least 4 members (excludes halogenated alkanes) is 41. The van der Waals surface area contributed by atoms with Crippen LogP contribution in [0.2, 0.25) is 0 Å². The van der Waals surface area contributed by atoms with Crippen LogP contribution in [0.15, 0.2) is 0 Å². The molecule has 0 amide bonds. The van der Waals surface area contributed by atoms with Crippen molar-refractivity contribution in [3.05, 3.63) is 0 Å². The summed E-state index contributed by atoms with van der Waals surface area (Å²) in [5.41, 5.74) is 0. The van der Waals surface area contributed by atoms with Crippen molar-refractivity contribution in [1.82, 2.24) is 0 Å². The Balaban J connectivity index is 3.07. The number of hydrogen-bond donors (Lipinski definition) is 0. The summed E-state index contributed by atoms with van der Waals surface area (Å²) in [6, 6.07) is 0.